The van der Waals surface area contributed by atoms with E-state index in [9.17, 15) is 21.6 Å². The van der Waals surface area contributed by atoms with Crippen molar-refractivity contribution in [3.63, 3.8) is 0 Å². The van der Waals surface area contributed by atoms with Gasteiger partial charge in [-0.15, -0.1) is 13.2 Å². The van der Waals surface area contributed by atoms with Crippen LogP contribution in [-0.2, 0) is 14.6 Å². The van der Waals surface area contributed by atoms with Crippen molar-refractivity contribution in [2.75, 3.05) is 6.61 Å². The van der Waals surface area contributed by atoms with Crippen molar-refractivity contribution in [2.24, 2.45) is 0 Å². The van der Waals surface area contributed by atoms with E-state index in [1.54, 1.807) is 31.2 Å². The summed E-state index contributed by atoms with van der Waals surface area (Å²) in [6, 6.07) is 11.4. The molecule has 0 radical (unpaired) electrons. The standard InChI is InChI=1S/C19H18ClF3O4S/c1-18(9-10-26-17(12-18)13-5-7-14(20)8-6-13)28(24,25)16-4-2-3-15(11-16)27-19(21,22)23/h2-8,11,17H,9-10,12H2,1H3. The van der Waals surface area contributed by atoms with Crippen molar-refractivity contribution in [1.82, 2.24) is 0 Å². The average molecular weight is 435 g/mol. The van der Waals surface area contributed by atoms with E-state index in [-0.39, 0.29) is 24.3 Å². The molecular weight excluding hydrogens is 417 g/mol. The van der Waals surface area contributed by atoms with Gasteiger partial charge in [0.1, 0.15) is 5.75 Å². The number of hydrogen-bond donors (Lipinski definition) is 0. The fourth-order valence-corrected chi connectivity index (χ4v) is 5.18. The Morgan fingerprint density at radius 1 is 1.18 bits per heavy atom. The lowest BCUT2D eigenvalue weighted by atomic mass is 9.92. The minimum Gasteiger partial charge on any atom is -0.406 e. The SMILES string of the molecule is CC1(S(=O)(=O)c2cccc(OC(F)(F)F)c2)CCOC(c2ccc(Cl)cc2)C1. The second kappa shape index (κ2) is 7.57. The molecule has 1 saturated heterocycles. The monoisotopic (exact) mass is 434 g/mol. The van der Waals surface area contributed by atoms with Gasteiger partial charge >= 0.3 is 6.36 Å². The number of ether oxygens (including phenoxy) is 2. The van der Waals surface area contributed by atoms with E-state index in [2.05, 4.69) is 4.74 Å². The summed E-state index contributed by atoms with van der Waals surface area (Å²) >= 11 is 5.89. The van der Waals surface area contributed by atoms with Gasteiger partial charge in [-0.2, -0.15) is 0 Å². The van der Waals surface area contributed by atoms with Gasteiger partial charge in [0, 0.05) is 11.6 Å². The summed E-state index contributed by atoms with van der Waals surface area (Å²) in [6.07, 6.45) is -4.96. The Balaban J connectivity index is 1.89. The first-order valence-electron chi connectivity index (χ1n) is 8.48. The van der Waals surface area contributed by atoms with Gasteiger partial charge < -0.3 is 9.47 Å². The molecule has 1 fully saturated rings. The minimum atomic E-state index is -4.90. The predicted octanol–water partition coefficient (Wildman–Crippen LogP) is 5.32. The van der Waals surface area contributed by atoms with Gasteiger partial charge in [-0.3, -0.25) is 0 Å². The maximum absolute atomic E-state index is 13.2. The quantitative estimate of drug-likeness (QED) is 0.653. The van der Waals surface area contributed by atoms with Crippen molar-refractivity contribution in [1.29, 1.82) is 0 Å². The van der Waals surface area contributed by atoms with Crippen molar-refractivity contribution < 1.29 is 31.1 Å². The highest BCUT2D eigenvalue weighted by Crippen LogP contribution is 2.42. The molecule has 0 spiro atoms. The zero-order valence-corrected chi connectivity index (χ0v) is 16.4. The number of alkyl halides is 3. The maximum atomic E-state index is 13.2. The van der Waals surface area contributed by atoms with Gasteiger partial charge in [-0.25, -0.2) is 8.42 Å². The van der Waals surface area contributed by atoms with E-state index < -0.39 is 32.8 Å². The molecule has 3 rings (SSSR count). The molecule has 28 heavy (non-hydrogen) atoms. The third-order valence-corrected chi connectivity index (χ3v) is 7.60. The van der Waals surface area contributed by atoms with Gasteiger partial charge in [-0.1, -0.05) is 29.8 Å². The van der Waals surface area contributed by atoms with Crippen LogP contribution in [0.3, 0.4) is 0 Å². The summed E-state index contributed by atoms with van der Waals surface area (Å²) in [5.41, 5.74) is 0.791. The molecule has 1 heterocycles. The number of halogens is 4. The molecule has 0 saturated carbocycles. The average Bonchev–Trinajstić information content (AvgIpc) is 2.61. The fraction of sp³-hybridized carbons (Fsp3) is 0.368. The molecule has 2 atom stereocenters. The molecule has 2 unspecified atom stereocenters. The summed E-state index contributed by atoms with van der Waals surface area (Å²) in [4.78, 5) is -0.214. The largest absolute Gasteiger partial charge is 0.573 e. The number of benzene rings is 2. The summed E-state index contributed by atoms with van der Waals surface area (Å²) in [5, 5.41) is 0.552. The summed E-state index contributed by atoms with van der Waals surface area (Å²) in [5.74, 6) is -0.571. The number of rotatable bonds is 4. The third kappa shape index (κ3) is 4.45. The molecule has 0 aromatic heterocycles. The van der Waals surface area contributed by atoms with Crippen LogP contribution in [0.1, 0.15) is 31.4 Å². The molecule has 152 valence electrons. The van der Waals surface area contributed by atoms with Crippen molar-refractivity contribution in [2.45, 2.75) is 41.9 Å². The highest BCUT2D eigenvalue weighted by molar-refractivity contribution is 7.92. The molecule has 0 bridgehead atoms. The highest BCUT2D eigenvalue weighted by atomic mass is 35.5. The molecule has 0 N–H and O–H groups in total. The maximum Gasteiger partial charge on any atom is 0.573 e. The molecule has 0 aliphatic carbocycles. The Labute approximate surface area is 166 Å². The topological polar surface area (TPSA) is 52.6 Å². The minimum absolute atomic E-state index is 0.168. The predicted molar refractivity (Wildman–Crippen MR) is 98.1 cm³/mol. The first-order valence-corrected chi connectivity index (χ1v) is 10.3. The number of sulfone groups is 1. The Morgan fingerprint density at radius 2 is 1.86 bits per heavy atom. The Morgan fingerprint density at radius 3 is 2.50 bits per heavy atom. The summed E-state index contributed by atoms with van der Waals surface area (Å²) in [7, 11) is -3.94. The van der Waals surface area contributed by atoms with Crippen LogP contribution < -0.4 is 4.74 Å². The number of hydrogen-bond acceptors (Lipinski definition) is 4. The molecule has 9 heteroatoms. The smallest absolute Gasteiger partial charge is 0.406 e. The lowest BCUT2D eigenvalue weighted by molar-refractivity contribution is -0.274. The Hall–Kier alpha value is -1.77. The van der Waals surface area contributed by atoms with Crippen LogP contribution in [0.15, 0.2) is 53.4 Å². The second-order valence-corrected chi connectivity index (χ2v) is 9.74. The van der Waals surface area contributed by atoms with Crippen LogP contribution in [0, 0.1) is 0 Å². The molecular formula is C19H18ClF3O4S. The lowest BCUT2D eigenvalue weighted by Gasteiger charge is -2.38. The first-order chi connectivity index (χ1) is 13.0. The zero-order chi connectivity index (χ0) is 20.6. The third-order valence-electron chi connectivity index (χ3n) is 4.81. The molecule has 2 aromatic rings. The van der Waals surface area contributed by atoms with E-state index in [0.717, 1.165) is 17.7 Å². The van der Waals surface area contributed by atoms with Crippen molar-refractivity contribution >= 4 is 21.4 Å². The van der Waals surface area contributed by atoms with Crippen molar-refractivity contribution in [3.8, 4) is 5.75 Å². The van der Waals surface area contributed by atoms with E-state index in [0.29, 0.717) is 5.02 Å². The van der Waals surface area contributed by atoms with Crippen LogP contribution in [0.4, 0.5) is 13.2 Å². The molecule has 1 aliphatic rings. The van der Waals surface area contributed by atoms with E-state index in [4.69, 9.17) is 16.3 Å². The molecule has 0 amide bonds. The van der Waals surface area contributed by atoms with Crippen molar-refractivity contribution in [3.05, 3.63) is 59.1 Å². The molecule has 1 aliphatic heterocycles. The van der Waals surface area contributed by atoms with E-state index in [1.165, 1.54) is 12.1 Å². The molecule has 2 aromatic carbocycles. The first kappa shape index (κ1) is 21.0. The van der Waals surface area contributed by atoms with Crippen LogP contribution >= 0.6 is 11.6 Å². The van der Waals surface area contributed by atoms with Gasteiger partial charge in [-0.05, 0) is 55.7 Å². The lowest BCUT2D eigenvalue weighted by Crippen LogP contribution is -2.42. The zero-order valence-electron chi connectivity index (χ0n) is 14.9. The van der Waals surface area contributed by atoms with Crippen LogP contribution in [0.25, 0.3) is 0 Å². The highest BCUT2D eigenvalue weighted by Gasteiger charge is 2.45. The Bertz CT molecular complexity index is 944. The normalized spacial score (nSPS) is 23.4. The van der Waals surface area contributed by atoms with Gasteiger partial charge in [0.2, 0.25) is 0 Å². The van der Waals surface area contributed by atoms with Crippen LogP contribution in [-0.4, -0.2) is 26.1 Å². The van der Waals surface area contributed by atoms with Gasteiger partial charge in [0.05, 0.1) is 15.7 Å². The van der Waals surface area contributed by atoms with Gasteiger partial charge in [0.25, 0.3) is 0 Å². The summed E-state index contributed by atoms with van der Waals surface area (Å²) < 4.78 is 72.3. The summed E-state index contributed by atoms with van der Waals surface area (Å²) in [6.45, 7) is 1.80. The van der Waals surface area contributed by atoms with Crippen LogP contribution in [0.5, 0.6) is 5.75 Å². The second-order valence-electron chi connectivity index (χ2n) is 6.84. The van der Waals surface area contributed by atoms with Crippen LogP contribution in [0.2, 0.25) is 5.02 Å². The Kier molecular flexibility index (Phi) is 5.67. The van der Waals surface area contributed by atoms with E-state index >= 15 is 0 Å². The molecule has 4 nitrogen and oxygen atoms in total. The van der Waals surface area contributed by atoms with E-state index in [1.807, 2.05) is 0 Å². The fourth-order valence-electron chi connectivity index (χ4n) is 3.23. The van der Waals surface area contributed by atoms with Gasteiger partial charge in [0.15, 0.2) is 9.84 Å².